The predicted octanol–water partition coefficient (Wildman–Crippen LogP) is 3.58. The molecular formula is C10H19O3P. The standard InChI is InChI=1S/C10H19O3P/c1-5-12-14(11,13-6-2)9-7-8-10(3)4/h8-10H,5-6H2,1-4H3. The van der Waals surface area contributed by atoms with Gasteiger partial charge in [-0.2, -0.15) is 0 Å². The van der Waals surface area contributed by atoms with Gasteiger partial charge in [0.25, 0.3) is 0 Å². The van der Waals surface area contributed by atoms with Crippen LogP contribution in [0.15, 0.2) is 17.6 Å². The van der Waals surface area contributed by atoms with Gasteiger partial charge in [-0.15, -0.1) is 5.73 Å². The van der Waals surface area contributed by atoms with Crippen molar-refractivity contribution in [1.82, 2.24) is 0 Å². The molecule has 4 heteroatoms. The van der Waals surface area contributed by atoms with Gasteiger partial charge >= 0.3 is 7.60 Å². The van der Waals surface area contributed by atoms with Crippen LogP contribution in [0.5, 0.6) is 0 Å². The summed E-state index contributed by atoms with van der Waals surface area (Å²) in [5.41, 5.74) is 2.83. The maximum atomic E-state index is 11.8. The summed E-state index contributed by atoms with van der Waals surface area (Å²) >= 11 is 0. The fraction of sp³-hybridized carbons (Fsp3) is 0.700. The Bertz CT molecular complexity index is 242. The molecule has 0 bridgehead atoms. The average Bonchev–Trinajstić information content (AvgIpc) is 2.03. The Morgan fingerprint density at radius 3 is 2.14 bits per heavy atom. The van der Waals surface area contributed by atoms with Crippen LogP contribution in [0, 0.1) is 5.92 Å². The zero-order valence-electron chi connectivity index (χ0n) is 9.32. The molecule has 0 radical (unpaired) electrons. The Labute approximate surface area is 86.3 Å². The molecule has 0 aromatic carbocycles. The maximum absolute atomic E-state index is 11.8. The van der Waals surface area contributed by atoms with E-state index in [9.17, 15) is 4.57 Å². The van der Waals surface area contributed by atoms with E-state index in [0.29, 0.717) is 19.1 Å². The quantitative estimate of drug-likeness (QED) is 0.505. The van der Waals surface area contributed by atoms with E-state index in [4.69, 9.17) is 9.05 Å². The summed E-state index contributed by atoms with van der Waals surface area (Å²) in [6.07, 6.45) is 1.82. The third kappa shape index (κ3) is 6.17. The van der Waals surface area contributed by atoms with Gasteiger partial charge in [0, 0.05) is 0 Å². The fourth-order valence-corrected chi connectivity index (χ4v) is 2.01. The molecule has 0 aromatic heterocycles. The Morgan fingerprint density at radius 1 is 1.29 bits per heavy atom. The Balaban J connectivity index is 4.51. The van der Waals surface area contributed by atoms with E-state index in [0.717, 1.165) is 0 Å². The predicted molar refractivity (Wildman–Crippen MR) is 58.3 cm³/mol. The summed E-state index contributed by atoms with van der Waals surface area (Å²) in [5, 5.41) is 0. The van der Waals surface area contributed by atoms with Crippen LogP contribution in [0.1, 0.15) is 27.7 Å². The van der Waals surface area contributed by atoms with E-state index in [1.54, 1.807) is 13.8 Å². The van der Waals surface area contributed by atoms with E-state index < -0.39 is 7.60 Å². The number of hydrogen-bond acceptors (Lipinski definition) is 3. The van der Waals surface area contributed by atoms with Crippen molar-refractivity contribution in [3.63, 3.8) is 0 Å². The molecule has 0 rings (SSSR count). The highest BCUT2D eigenvalue weighted by atomic mass is 31.2. The molecule has 0 amide bonds. The van der Waals surface area contributed by atoms with Crippen molar-refractivity contribution in [1.29, 1.82) is 0 Å². The number of rotatable bonds is 6. The van der Waals surface area contributed by atoms with Crippen molar-refractivity contribution >= 4 is 7.60 Å². The molecular weight excluding hydrogens is 199 g/mol. The van der Waals surface area contributed by atoms with E-state index in [1.807, 2.05) is 19.9 Å². The van der Waals surface area contributed by atoms with E-state index in [-0.39, 0.29) is 0 Å². The molecule has 0 saturated carbocycles. The van der Waals surface area contributed by atoms with E-state index in [2.05, 4.69) is 5.73 Å². The molecule has 0 atom stereocenters. The Kier molecular flexibility index (Phi) is 6.86. The molecule has 0 aromatic rings. The zero-order chi connectivity index (χ0) is 11.0. The Hall–Kier alpha value is -0.330. The SMILES string of the molecule is CCOP(=O)(C=C=CC(C)C)OCC. The van der Waals surface area contributed by atoms with Crippen LogP contribution in [-0.2, 0) is 13.6 Å². The summed E-state index contributed by atoms with van der Waals surface area (Å²) in [5.74, 6) is 1.77. The third-order valence-electron chi connectivity index (χ3n) is 1.28. The summed E-state index contributed by atoms with van der Waals surface area (Å²) in [6, 6.07) is 0. The molecule has 0 N–H and O–H groups in total. The highest BCUT2D eigenvalue weighted by molar-refractivity contribution is 7.57. The molecule has 14 heavy (non-hydrogen) atoms. The molecule has 3 nitrogen and oxygen atoms in total. The smallest absolute Gasteiger partial charge is 0.305 e. The van der Waals surface area contributed by atoms with Gasteiger partial charge in [0.1, 0.15) is 0 Å². The monoisotopic (exact) mass is 218 g/mol. The van der Waals surface area contributed by atoms with Crippen LogP contribution < -0.4 is 0 Å². The largest absolute Gasteiger partial charge is 0.361 e. The Morgan fingerprint density at radius 2 is 1.79 bits per heavy atom. The topological polar surface area (TPSA) is 35.5 Å². The second-order valence-corrected chi connectivity index (χ2v) is 4.94. The van der Waals surface area contributed by atoms with Crippen molar-refractivity contribution in [2.75, 3.05) is 13.2 Å². The first-order chi connectivity index (χ1) is 6.54. The molecule has 0 aliphatic rings. The lowest BCUT2D eigenvalue weighted by Crippen LogP contribution is -1.92. The minimum Gasteiger partial charge on any atom is -0.305 e. The van der Waals surface area contributed by atoms with Gasteiger partial charge in [-0.3, -0.25) is 4.57 Å². The lowest BCUT2D eigenvalue weighted by atomic mass is 10.2. The molecule has 82 valence electrons. The van der Waals surface area contributed by atoms with Crippen molar-refractivity contribution in [2.24, 2.45) is 5.92 Å². The van der Waals surface area contributed by atoms with Gasteiger partial charge in [-0.1, -0.05) is 13.8 Å². The van der Waals surface area contributed by atoms with Crippen molar-refractivity contribution in [3.05, 3.63) is 17.6 Å². The first kappa shape index (κ1) is 13.7. The summed E-state index contributed by atoms with van der Waals surface area (Å²) in [6.45, 7) is 8.35. The summed E-state index contributed by atoms with van der Waals surface area (Å²) in [7, 11) is -3.04. The van der Waals surface area contributed by atoms with E-state index >= 15 is 0 Å². The van der Waals surface area contributed by atoms with Gasteiger partial charge in [-0.25, -0.2) is 0 Å². The van der Waals surface area contributed by atoms with Crippen LogP contribution in [0.3, 0.4) is 0 Å². The second kappa shape index (κ2) is 7.03. The fourth-order valence-electron chi connectivity index (χ4n) is 0.798. The zero-order valence-corrected chi connectivity index (χ0v) is 10.2. The van der Waals surface area contributed by atoms with Gasteiger partial charge in [0.15, 0.2) is 0 Å². The van der Waals surface area contributed by atoms with Crippen molar-refractivity contribution in [3.8, 4) is 0 Å². The number of hydrogen-bond donors (Lipinski definition) is 0. The molecule has 0 aliphatic carbocycles. The number of allylic oxidation sites excluding steroid dienone is 1. The normalized spacial score (nSPS) is 11.2. The van der Waals surface area contributed by atoms with Crippen LogP contribution in [0.4, 0.5) is 0 Å². The molecule has 0 aliphatic heterocycles. The molecule has 0 spiro atoms. The maximum Gasteiger partial charge on any atom is 0.361 e. The highest BCUT2D eigenvalue weighted by Gasteiger charge is 2.18. The first-order valence-corrected chi connectivity index (χ1v) is 6.47. The van der Waals surface area contributed by atoms with Crippen LogP contribution in [0.2, 0.25) is 0 Å². The molecule has 0 fully saturated rings. The average molecular weight is 218 g/mol. The third-order valence-corrected chi connectivity index (χ3v) is 2.98. The van der Waals surface area contributed by atoms with Crippen molar-refractivity contribution < 1.29 is 13.6 Å². The van der Waals surface area contributed by atoms with Crippen LogP contribution in [-0.4, -0.2) is 13.2 Å². The van der Waals surface area contributed by atoms with Crippen LogP contribution in [0.25, 0.3) is 0 Å². The minimum absolute atomic E-state index is 0.372. The van der Waals surface area contributed by atoms with Crippen LogP contribution >= 0.6 is 7.60 Å². The van der Waals surface area contributed by atoms with Gasteiger partial charge < -0.3 is 9.05 Å². The first-order valence-electron chi connectivity index (χ1n) is 4.86. The molecule has 0 heterocycles. The lowest BCUT2D eigenvalue weighted by molar-refractivity contribution is 0.229. The molecule has 0 unspecified atom stereocenters. The van der Waals surface area contributed by atoms with Crippen molar-refractivity contribution in [2.45, 2.75) is 27.7 Å². The second-order valence-electron chi connectivity index (χ2n) is 3.08. The van der Waals surface area contributed by atoms with Gasteiger partial charge in [-0.05, 0) is 25.8 Å². The minimum atomic E-state index is -3.04. The van der Waals surface area contributed by atoms with E-state index in [1.165, 1.54) is 5.82 Å². The highest BCUT2D eigenvalue weighted by Crippen LogP contribution is 2.49. The molecule has 0 saturated heterocycles. The van der Waals surface area contributed by atoms with Gasteiger partial charge in [0.2, 0.25) is 0 Å². The lowest BCUT2D eigenvalue weighted by Gasteiger charge is -2.11. The summed E-state index contributed by atoms with van der Waals surface area (Å²) in [4.78, 5) is 0. The van der Waals surface area contributed by atoms with Gasteiger partial charge in [0.05, 0.1) is 19.0 Å². The summed E-state index contributed by atoms with van der Waals surface area (Å²) < 4.78 is 21.9.